The summed E-state index contributed by atoms with van der Waals surface area (Å²) in [5.74, 6) is 1.63. The van der Waals surface area contributed by atoms with Gasteiger partial charge in [-0.15, -0.1) is 0 Å². The first-order chi connectivity index (χ1) is 8.24. The molecule has 1 saturated heterocycles. The molecular formula is C14H22N2O. The van der Waals surface area contributed by atoms with Crippen molar-refractivity contribution in [3.8, 4) is 5.75 Å². The average Bonchev–Trinajstić information content (AvgIpc) is 2.79. The van der Waals surface area contributed by atoms with Crippen LogP contribution in [0.15, 0.2) is 18.2 Å². The van der Waals surface area contributed by atoms with E-state index < -0.39 is 0 Å². The van der Waals surface area contributed by atoms with Crippen LogP contribution in [0.1, 0.15) is 26.2 Å². The highest BCUT2D eigenvalue weighted by atomic mass is 16.5. The molecule has 3 nitrogen and oxygen atoms in total. The molecule has 0 amide bonds. The second-order valence-electron chi connectivity index (χ2n) is 4.82. The Morgan fingerprint density at radius 3 is 3.00 bits per heavy atom. The molecule has 94 valence electrons. The molecule has 1 aliphatic heterocycles. The zero-order valence-corrected chi connectivity index (χ0v) is 10.8. The van der Waals surface area contributed by atoms with Crippen LogP contribution in [0.3, 0.4) is 0 Å². The number of benzene rings is 1. The fourth-order valence-electron chi connectivity index (χ4n) is 2.61. The van der Waals surface area contributed by atoms with E-state index >= 15 is 0 Å². The van der Waals surface area contributed by atoms with Crippen LogP contribution in [0.4, 0.5) is 11.4 Å². The maximum absolute atomic E-state index is 5.83. The van der Waals surface area contributed by atoms with E-state index in [1.165, 1.54) is 31.5 Å². The quantitative estimate of drug-likeness (QED) is 0.814. The van der Waals surface area contributed by atoms with Crippen LogP contribution < -0.4 is 15.4 Å². The standard InChI is InChI=1S/C14H22N2O/c1-3-4-11-7-8-16(10-11)12-5-6-13(15)14(9-12)17-2/h5-6,9,11H,3-4,7-8,10,15H2,1-2H3. The predicted octanol–water partition coefficient (Wildman–Crippen LogP) is 2.90. The van der Waals surface area contributed by atoms with Gasteiger partial charge < -0.3 is 15.4 Å². The van der Waals surface area contributed by atoms with E-state index in [0.717, 1.165) is 18.2 Å². The van der Waals surface area contributed by atoms with Crippen LogP contribution in [0.5, 0.6) is 5.75 Å². The van der Waals surface area contributed by atoms with Gasteiger partial charge in [0.25, 0.3) is 0 Å². The summed E-state index contributed by atoms with van der Waals surface area (Å²) < 4.78 is 5.27. The lowest BCUT2D eigenvalue weighted by molar-refractivity contribution is 0.417. The molecule has 0 saturated carbocycles. The molecule has 0 spiro atoms. The molecule has 0 aliphatic carbocycles. The summed E-state index contributed by atoms with van der Waals surface area (Å²) in [5, 5.41) is 0. The van der Waals surface area contributed by atoms with Crippen molar-refractivity contribution in [1.82, 2.24) is 0 Å². The molecule has 17 heavy (non-hydrogen) atoms. The molecule has 2 rings (SSSR count). The van der Waals surface area contributed by atoms with Crippen molar-refractivity contribution in [1.29, 1.82) is 0 Å². The predicted molar refractivity (Wildman–Crippen MR) is 72.6 cm³/mol. The first-order valence-electron chi connectivity index (χ1n) is 6.43. The van der Waals surface area contributed by atoms with Crippen LogP contribution in [0.2, 0.25) is 0 Å². The number of nitrogens with zero attached hydrogens (tertiary/aromatic N) is 1. The lowest BCUT2D eigenvalue weighted by Crippen LogP contribution is -2.19. The Kier molecular flexibility index (Phi) is 3.77. The third-order valence-electron chi connectivity index (χ3n) is 3.56. The molecule has 1 heterocycles. The Morgan fingerprint density at radius 1 is 1.47 bits per heavy atom. The summed E-state index contributed by atoms with van der Waals surface area (Å²) in [4.78, 5) is 2.43. The van der Waals surface area contributed by atoms with Gasteiger partial charge in [0, 0.05) is 24.8 Å². The Labute approximate surface area is 104 Å². The summed E-state index contributed by atoms with van der Waals surface area (Å²) in [6, 6.07) is 6.07. The Bertz CT molecular complexity index is 378. The van der Waals surface area contributed by atoms with E-state index in [1.54, 1.807) is 7.11 Å². The van der Waals surface area contributed by atoms with Gasteiger partial charge in [0.15, 0.2) is 0 Å². The monoisotopic (exact) mass is 234 g/mol. The van der Waals surface area contributed by atoms with E-state index in [0.29, 0.717) is 5.69 Å². The van der Waals surface area contributed by atoms with Crippen LogP contribution in [0, 0.1) is 5.92 Å². The van der Waals surface area contributed by atoms with Gasteiger partial charge in [-0.2, -0.15) is 0 Å². The van der Waals surface area contributed by atoms with Gasteiger partial charge in [-0.3, -0.25) is 0 Å². The SMILES string of the molecule is CCCC1CCN(c2ccc(N)c(OC)c2)C1. The number of methoxy groups -OCH3 is 1. The van der Waals surface area contributed by atoms with Gasteiger partial charge in [0.05, 0.1) is 12.8 Å². The van der Waals surface area contributed by atoms with Crippen molar-refractivity contribution in [3.63, 3.8) is 0 Å². The van der Waals surface area contributed by atoms with Crippen LogP contribution in [0.25, 0.3) is 0 Å². The minimum atomic E-state index is 0.709. The molecular weight excluding hydrogens is 212 g/mol. The van der Waals surface area contributed by atoms with E-state index in [4.69, 9.17) is 10.5 Å². The molecule has 0 radical (unpaired) electrons. The number of nitrogens with two attached hydrogens (primary N) is 1. The van der Waals surface area contributed by atoms with Gasteiger partial charge >= 0.3 is 0 Å². The zero-order chi connectivity index (χ0) is 12.3. The Balaban J connectivity index is 2.08. The number of anilines is 2. The molecule has 0 bridgehead atoms. The van der Waals surface area contributed by atoms with Crippen molar-refractivity contribution in [3.05, 3.63) is 18.2 Å². The second-order valence-corrected chi connectivity index (χ2v) is 4.82. The van der Waals surface area contributed by atoms with Gasteiger partial charge in [-0.05, 0) is 30.9 Å². The molecule has 1 aromatic carbocycles. The third-order valence-corrected chi connectivity index (χ3v) is 3.56. The fourth-order valence-corrected chi connectivity index (χ4v) is 2.61. The zero-order valence-electron chi connectivity index (χ0n) is 10.8. The normalized spacial score (nSPS) is 19.6. The summed E-state index contributed by atoms with van der Waals surface area (Å²) in [6.07, 6.45) is 3.92. The molecule has 1 fully saturated rings. The Hall–Kier alpha value is -1.38. The summed E-state index contributed by atoms with van der Waals surface area (Å²) in [5.41, 5.74) is 7.77. The highest BCUT2D eigenvalue weighted by Crippen LogP contribution is 2.31. The van der Waals surface area contributed by atoms with Crippen molar-refractivity contribution in [2.45, 2.75) is 26.2 Å². The minimum Gasteiger partial charge on any atom is -0.495 e. The van der Waals surface area contributed by atoms with Crippen LogP contribution >= 0.6 is 0 Å². The maximum Gasteiger partial charge on any atom is 0.143 e. The molecule has 2 N–H and O–H groups in total. The first-order valence-corrected chi connectivity index (χ1v) is 6.43. The van der Waals surface area contributed by atoms with Crippen LogP contribution in [-0.2, 0) is 0 Å². The van der Waals surface area contributed by atoms with E-state index in [9.17, 15) is 0 Å². The van der Waals surface area contributed by atoms with Crippen molar-refractivity contribution in [2.24, 2.45) is 5.92 Å². The highest BCUT2D eigenvalue weighted by Gasteiger charge is 2.22. The topological polar surface area (TPSA) is 38.5 Å². The van der Waals surface area contributed by atoms with Crippen molar-refractivity contribution >= 4 is 11.4 Å². The molecule has 1 aliphatic rings. The highest BCUT2D eigenvalue weighted by molar-refractivity contribution is 5.62. The van der Waals surface area contributed by atoms with Gasteiger partial charge in [-0.1, -0.05) is 13.3 Å². The van der Waals surface area contributed by atoms with Gasteiger partial charge in [-0.25, -0.2) is 0 Å². The smallest absolute Gasteiger partial charge is 0.143 e. The summed E-state index contributed by atoms with van der Waals surface area (Å²) in [7, 11) is 1.67. The average molecular weight is 234 g/mol. The van der Waals surface area contributed by atoms with E-state index in [-0.39, 0.29) is 0 Å². The number of nitrogen functional groups attached to an aromatic ring is 1. The minimum absolute atomic E-state index is 0.709. The summed E-state index contributed by atoms with van der Waals surface area (Å²) in [6.45, 7) is 4.58. The number of ether oxygens (including phenoxy) is 1. The molecule has 1 unspecified atom stereocenters. The molecule has 1 atom stereocenters. The van der Waals surface area contributed by atoms with Gasteiger partial charge in [0.1, 0.15) is 5.75 Å². The van der Waals surface area contributed by atoms with Crippen molar-refractivity contribution in [2.75, 3.05) is 30.8 Å². The first kappa shape index (κ1) is 12.1. The Morgan fingerprint density at radius 2 is 2.29 bits per heavy atom. The number of hydrogen-bond acceptors (Lipinski definition) is 3. The number of hydrogen-bond donors (Lipinski definition) is 1. The van der Waals surface area contributed by atoms with Crippen LogP contribution in [-0.4, -0.2) is 20.2 Å². The summed E-state index contributed by atoms with van der Waals surface area (Å²) >= 11 is 0. The lowest BCUT2D eigenvalue weighted by Gasteiger charge is -2.20. The van der Waals surface area contributed by atoms with E-state index in [2.05, 4.69) is 17.9 Å². The van der Waals surface area contributed by atoms with Gasteiger partial charge in [0.2, 0.25) is 0 Å². The third kappa shape index (κ3) is 2.65. The fraction of sp³-hybridized carbons (Fsp3) is 0.571. The molecule has 0 aromatic heterocycles. The maximum atomic E-state index is 5.83. The van der Waals surface area contributed by atoms with E-state index in [1.807, 2.05) is 12.1 Å². The molecule has 1 aromatic rings. The molecule has 3 heteroatoms. The largest absolute Gasteiger partial charge is 0.495 e. The second kappa shape index (κ2) is 5.30. The lowest BCUT2D eigenvalue weighted by atomic mass is 10.0. The number of rotatable bonds is 4. The van der Waals surface area contributed by atoms with Crippen molar-refractivity contribution < 1.29 is 4.74 Å².